The predicted octanol–water partition coefficient (Wildman–Crippen LogP) is 3.65. The number of thiazole rings is 1. The van der Waals surface area contributed by atoms with Crippen LogP contribution in [0.25, 0.3) is 10.2 Å². The van der Waals surface area contributed by atoms with E-state index in [-0.39, 0.29) is 5.69 Å². The lowest BCUT2D eigenvalue weighted by Gasteiger charge is -2.04. The van der Waals surface area contributed by atoms with Gasteiger partial charge in [-0.15, -0.1) is 0 Å². The van der Waals surface area contributed by atoms with E-state index in [2.05, 4.69) is 4.99 Å². The van der Waals surface area contributed by atoms with Crippen molar-refractivity contribution in [2.24, 2.45) is 4.99 Å². The van der Waals surface area contributed by atoms with Gasteiger partial charge in [0.2, 0.25) is 0 Å². The average molecular weight is 392 g/mol. The second-order valence-electron chi connectivity index (χ2n) is 5.37. The highest BCUT2D eigenvalue weighted by molar-refractivity contribution is 7.16. The number of aromatic nitrogens is 1. The second-order valence-corrected chi connectivity index (χ2v) is 6.81. The van der Waals surface area contributed by atoms with Gasteiger partial charge in [0, 0.05) is 36.4 Å². The fraction of sp³-hybridized carbons (Fsp3) is 0.176. The third kappa shape index (κ3) is 3.82. The molecule has 3 rings (SSSR count). The molecule has 0 aliphatic carbocycles. The van der Waals surface area contributed by atoms with E-state index in [1.165, 1.54) is 23.5 Å². The molecule has 1 amide bonds. The topological polar surface area (TPSA) is 86.7 Å². The van der Waals surface area contributed by atoms with Gasteiger partial charge >= 0.3 is 0 Å². The average Bonchev–Trinajstić information content (AvgIpc) is 2.96. The van der Waals surface area contributed by atoms with Crippen LogP contribution in [-0.4, -0.2) is 29.1 Å². The van der Waals surface area contributed by atoms with E-state index in [4.69, 9.17) is 16.3 Å². The number of non-ortho nitro benzene ring substituents is 1. The zero-order chi connectivity index (χ0) is 18.7. The molecule has 0 aliphatic heterocycles. The van der Waals surface area contributed by atoms with Crippen LogP contribution in [0.15, 0.2) is 47.5 Å². The van der Waals surface area contributed by atoms with Crippen LogP contribution in [0.5, 0.6) is 0 Å². The van der Waals surface area contributed by atoms with Crippen LogP contribution < -0.4 is 4.80 Å². The number of methoxy groups -OCH3 is 1. The van der Waals surface area contributed by atoms with Crippen LogP contribution in [0.1, 0.15) is 10.4 Å². The van der Waals surface area contributed by atoms with E-state index in [1.54, 1.807) is 37.4 Å². The molecule has 1 aromatic heterocycles. The number of amides is 1. The number of nitro groups is 1. The molecular formula is C17H14ClN3O4S. The normalized spacial score (nSPS) is 11.8. The number of benzene rings is 2. The molecule has 0 aliphatic rings. The lowest BCUT2D eigenvalue weighted by molar-refractivity contribution is -0.384. The zero-order valence-corrected chi connectivity index (χ0v) is 15.3. The number of rotatable bonds is 5. The lowest BCUT2D eigenvalue weighted by atomic mass is 10.2. The van der Waals surface area contributed by atoms with Gasteiger partial charge in [-0.25, -0.2) is 0 Å². The first-order chi connectivity index (χ1) is 12.5. The first-order valence-electron chi connectivity index (χ1n) is 7.61. The first kappa shape index (κ1) is 18.2. The molecule has 0 saturated carbocycles. The van der Waals surface area contributed by atoms with Gasteiger partial charge in [-0.3, -0.25) is 14.9 Å². The van der Waals surface area contributed by atoms with Crippen molar-refractivity contribution in [1.82, 2.24) is 4.57 Å². The largest absolute Gasteiger partial charge is 0.383 e. The molecule has 9 heteroatoms. The Morgan fingerprint density at radius 3 is 2.85 bits per heavy atom. The summed E-state index contributed by atoms with van der Waals surface area (Å²) in [5.74, 6) is -0.431. The molecule has 7 nitrogen and oxygen atoms in total. The van der Waals surface area contributed by atoms with E-state index >= 15 is 0 Å². The van der Waals surface area contributed by atoms with Crippen LogP contribution in [0, 0.1) is 10.1 Å². The third-order valence-electron chi connectivity index (χ3n) is 3.66. The van der Waals surface area contributed by atoms with Gasteiger partial charge in [0.05, 0.1) is 21.7 Å². The number of nitro benzene ring substituents is 1. The van der Waals surface area contributed by atoms with E-state index in [1.807, 2.05) is 4.57 Å². The highest BCUT2D eigenvalue weighted by atomic mass is 35.5. The summed E-state index contributed by atoms with van der Waals surface area (Å²) in [5, 5.41) is 11.4. The number of carbonyl (C=O) groups is 1. The monoisotopic (exact) mass is 391 g/mol. The standard InChI is InChI=1S/C17H14ClN3O4S/c1-25-8-7-20-14-6-5-13(21(23)24)10-15(14)26-17(20)19-16(22)11-3-2-4-12(18)9-11/h2-6,9-10H,7-8H2,1H3. The molecule has 134 valence electrons. The summed E-state index contributed by atoms with van der Waals surface area (Å²) in [5.41, 5.74) is 1.12. The molecule has 26 heavy (non-hydrogen) atoms. The molecule has 3 aromatic rings. The van der Waals surface area contributed by atoms with E-state index in [0.29, 0.717) is 33.2 Å². The molecular weight excluding hydrogens is 378 g/mol. The van der Waals surface area contributed by atoms with Gasteiger partial charge in [0.1, 0.15) is 0 Å². The van der Waals surface area contributed by atoms with Gasteiger partial charge in [-0.1, -0.05) is 29.0 Å². The molecule has 0 unspecified atom stereocenters. The predicted molar refractivity (Wildman–Crippen MR) is 99.7 cm³/mol. The zero-order valence-electron chi connectivity index (χ0n) is 13.7. The summed E-state index contributed by atoms with van der Waals surface area (Å²) in [6.45, 7) is 0.886. The van der Waals surface area contributed by atoms with Crippen molar-refractivity contribution < 1.29 is 14.5 Å². The molecule has 0 atom stereocenters. The fourth-order valence-corrected chi connectivity index (χ4v) is 3.71. The van der Waals surface area contributed by atoms with Gasteiger partial charge < -0.3 is 9.30 Å². The molecule has 0 saturated heterocycles. The Labute approximate surface area is 157 Å². The second kappa shape index (κ2) is 7.77. The molecule has 0 bridgehead atoms. The molecule has 2 aromatic carbocycles. The van der Waals surface area contributed by atoms with Crippen LogP contribution in [-0.2, 0) is 11.3 Å². The van der Waals surface area contributed by atoms with Gasteiger partial charge in [-0.2, -0.15) is 4.99 Å². The number of ether oxygens (including phenoxy) is 1. The van der Waals surface area contributed by atoms with Gasteiger partial charge in [0.25, 0.3) is 11.6 Å². The molecule has 1 heterocycles. The number of nitrogens with zero attached hydrogens (tertiary/aromatic N) is 3. The summed E-state index contributed by atoms with van der Waals surface area (Å²) < 4.78 is 7.61. The van der Waals surface area contributed by atoms with Gasteiger partial charge in [-0.05, 0) is 24.3 Å². The number of hydrogen-bond acceptors (Lipinski definition) is 5. The van der Waals surface area contributed by atoms with Crippen molar-refractivity contribution in [3.8, 4) is 0 Å². The molecule has 0 spiro atoms. The van der Waals surface area contributed by atoms with Gasteiger partial charge in [0.15, 0.2) is 4.80 Å². The summed E-state index contributed by atoms with van der Waals surface area (Å²) in [6.07, 6.45) is 0. The Balaban J connectivity index is 2.13. The number of fused-ring (bicyclic) bond motifs is 1. The highest BCUT2D eigenvalue weighted by Gasteiger charge is 2.13. The Hall–Kier alpha value is -2.55. The van der Waals surface area contributed by atoms with E-state index in [0.717, 1.165) is 5.52 Å². The van der Waals surface area contributed by atoms with Crippen LogP contribution in [0.4, 0.5) is 5.69 Å². The van der Waals surface area contributed by atoms with Crippen molar-refractivity contribution in [2.75, 3.05) is 13.7 Å². The Bertz CT molecular complexity index is 1060. The minimum atomic E-state index is -0.452. The maximum Gasteiger partial charge on any atom is 0.279 e. The molecule has 0 radical (unpaired) electrons. The Morgan fingerprint density at radius 1 is 1.35 bits per heavy atom. The van der Waals surface area contributed by atoms with E-state index in [9.17, 15) is 14.9 Å². The van der Waals surface area contributed by atoms with Crippen molar-refractivity contribution >= 4 is 44.7 Å². The van der Waals surface area contributed by atoms with Crippen molar-refractivity contribution in [1.29, 1.82) is 0 Å². The number of hydrogen-bond donors (Lipinski definition) is 0. The summed E-state index contributed by atoms with van der Waals surface area (Å²) >= 11 is 7.14. The minimum absolute atomic E-state index is 0.00893. The highest BCUT2D eigenvalue weighted by Crippen LogP contribution is 2.23. The molecule has 0 fully saturated rings. The SMILES string of the molecule is COCCn1c(=NC(=O)c2cccc(Cl)c2)sc2cc([N+](=O)[O-])ccc21. The van der Waals surface area contributed by atoms with Crippen LogP contribution in [0.3, 0.4) is 0 Å². The molecule has 0 N–H and O–H groups in total. The summed E-state index contributed by atoms with van der Waals surface area (Å²) in [4.78, 5) is 27.7. The number of halogens is 1. The quantitative estimate of drug-likeness (QED) is 0.490. The van der Waals surface area contributed by atoms with Crippen LogP contribution in [0.2, 0.25) is 5.02 Å². The van der Waals surface area contributed by atoms with Crippen LogP contribution >= 0.6 is 22.9 Å². The van der Waals surface area contributed by atoms with E-state index < -0.39 is 10.8 Å². The van der Waals surface area contributed by atoms with Crippen molar-refractivity contribution in [2.45, 2.75) is 6.54 Å². The Morgan fingerprint density at radius 2 is 2.15 bits per heavy atom. The Kier molecular flexibility index (Phi) is 5.46. The minimum Gasteiger partial charge on any atom is -0.383 e. The first-order valence-corrected chi connectivity index (χ1v) is 8.80. The summed E-state index contributed by atoms with van der Waals surface area (Å²) in [6, 6.07) is 11.1. The summed E-state index contributed by atoms with van der Waals surface area (Å²) in [7, 11) is 1.58. The maximum absolute atomic E-state index is 12.5. The lowest BCUT2D eigenvalue weighted by Crippen LogP contribution is -2.19. The third-order valence-corrected chi connectivity index (χ3v) is 4.94. The van der Waals surface area contributed by atoms with Crippen molar-refractivity contribution in [3.05, 3.63) is 68.0 Å². The van der Waals surface area contributed by atoms with Crippen molar-refractivity contribution in [3.63, 3.8) is 0 Å². The number of carbonyl (C=O) groups excluding carboxylic acids is 1. The maximum atomic E-state index is 12.5. The smallest absolute Gasteiger partial charge is 0.279 e. The fourth-order valence-electron chi connectivity index (χ4n) is 2.43.